The van der Waals surface area contributed by atoms with Gasteiger partial charge in [0.1, 0.15) is 0 Å². The Morgan fingerprint density at radius 3 is 0.949 bits per heavy atom. The number of hydrogen-bond acceptors (Lipinski definition) is 6. The van der Waals surface area contributed by atoms with Crippen LogP contribution in [0.1, 0.15) is 42.3 Å². The van der Waals surface area contributed by atoms with Crippen molar-refractivity contribution in [2.24, 2.45) is 0 Å². The predicted molar refractivity (Wildman–Crippen MR) is 137 cm³/mol. The molecule has 4 aromatic rings. The Labute approximate surface area is 226 Å². The number of aromatic amines is 1. The summed E-state index contributed by atoms with van der Waals surface area (Å²) in [5.41, 5.74) is 3.26. The van der Waals surface area contributed by atoms with E-state index >= 15 is 0 Å². The Kier molecular flexibility index (Phi) is 20.0. The van der Waals surface area contributed by atoms with Gasteiger partial charge in [0.05, 0.1) is 17.9 Å². The van der Waals surface area contributed by atoms with Crippen molar-refractivity contribution in [3.05, 3.63) is 131 Å². The summed E-state index contributed by atoms with van der Waals surface area (Å²) in [7, 11) is -3.67. The normalized spacial score (nSPS) is 8.54. The minimum absolute atomic E-state index is 0. The first-order valence-corrected chi connectivity index (χ1v) is 10.8. The quantitative estimate of drug-likeness (QED) is 0.399. The Balaban J connectivity index is 0. The maximum absolute atomic E-state index is 10.1. The maximum Gasteiger partial charge on any atom is 3.00 e. The number of aromatic nitrogens is 1. The van der Waals surface area contributed by atoms with Gasteiger partial charge in [-0.25, -0.2) is 0 Å². The van der Waals surface area contributed by atoms with Gasteiger partial charge in [-0.1, -0.05) is 91.0 Å². The molecular formula is C27H24B2F3NO6. The first-order chi connectivity index (χ1) is 18.0. The molecule has 0 atom stereocenters. The van der Waals surface area contributed by atoms with E-state index in [1.807, 2.05) is 6.20 Å². The van der Waals surface area contributed by atoms with Crippen molar-refractivity contribution in [2.75, 3.05) is 0 Å². The van der Waals surface area contributed by atoms with Crippen LogP contribution in [0.3, 0.4) is 0 Å². The van der Waals surface area contributed by atoms with E-state index in [1.165, 1.54) is 47.7 Å². The molecule has 3 aromatic carbocycles. The largest absolute Gasteiger partial charge is 3.00 e. The number of halogens is 3. The van der Waals surface area contributed by atoms with E-state index in [2.05, 4.69) is 24.9 Å². The molecule has 0 radical (unpaired) electrons. The first kappa shape index (κ1) is 36.4. The molecule has 7 nitrogen and oxygen atoms in total. The van der Waals surface area contributed by atoms with Crippen molar-refractivity contribution in [3.8, 4) is 0 Å². The Hall–Kier alpha value is -4.73. The molecule has 1 heterocycles. The minimum Gasteiger partial charge on any atom is -0.545 e. The van der Waals surface area contributed by atoms with E-state index in [0.717, 1.165) is 0 Å². The van der Waals surface area contributed by atoms with E-state index < -0.39 is 25.5 Å². The van der Waals surface area contributed by atoms with Gasteiger partial charge in [0.15, 0.2) is 0 Å². The number of H-pyrrole nitrogens is 1. The van der Waals surface area contributed by atoms with Crippen molar-refractivity contribution >= 4 is 33.9 Å². The van der Waals surface area contributed by atoms with Crippen LogP contribution >= 0.6 is 0 Å². The summed E-state index contributed by atoms with van der Waals surface area (Å²) in [6.07, 6.45) is 1.95. The summed E-state index contributed by atoms with van der Waals surface area (Å²) in [4.78, 5) is 33.3. The van der Waals surface area contributed by atoms with Gasteiger partial charge in [0.2, 0.25) is 0 Å². The molecule has 0 aliphatic heterocycles. The van der Waals surface area contributed by atoms with Gasteiger partial charge in [-0.15, -0.1) is 0 Å². The number of carbonyl (C=O) groups excluding carboxylic acids is 3. The summed E-state index contributed by atoms with van der Waals surface area (Å²) in [5.74, 6) is -3.39. The van der Waals surface area contributed by atoms with E-state index in [0.29, 0.717) is 0 Å². The van der Waals surface area contributed by atoms with Crippen molar-refractivity contribution in [2.45, 2.75) is 13.8 Å². The second kappa shape index (κ2) is 21.4. The zero-order chi connectivity index (χ0) is 28.9. The monoisotopic (exact) mass is 537 g/mol. The third-order valence-electron chi connectivity index (χ3n) is 4.25. The molecule has 0 bridgehead atoms. The number of benzene rings is 3. The third kappa shape index (κ3) is 19.1. The second-order valence-electron chi connectivity index (χ2n) is 6.99. The van der Waals surface area contributed by atoms with Gasteiger partial charge < -0.3 is 34.7 Å². The van der Waals surface area contributed by atoms with Gasteiger partial charge in [-0.3, -0.25) is 12.9 Å². The molecule has 4 rings (SSSR count). The fraction of sp³-hybridized carbons (Fsp3) is 0.0741. The van der Waals surface area contributed by atoms with Gasteiger partial charge >= 0.3 is 16.0 Å². The summed E-state index contributed by atoms with van der Waals surface area (Å²) >= 11 is 0. The fourth-order valence-corrected chi connectivity index (χ4v) is 2.25. The van der Waals surface area contributed by atoms with Gasteiger partial charge in [-0.2, -0.15) is 0 Å². The average Bonchev–Trinajstić information content (AvgIpc) is 3.28. The van der Waals surface area contributed by atoms with Crippen LogP contribution < -0.4 is 15.3 Å². The minimum atomic E-state index is -3.67. The van der Waals surface area contributed by atoms with E-state index in [1.54, 1.807) is 54.6 Å². The molecule has 1 N–H and O–H groups in total. The molecule has 0 fully saturated rings. The molecule has 0 spiro atoms. The summed E-state index contributed by atoms with van der Waals surface area (Å²) in [6, 6.07) is 26.3. The SMILES string of the molecule is Cc1cc[nH]c1C.FB(F)F.O=C([O-])c1ccccc1.O=C([O-])c1ccccc1.O=C([O-])c1ccccc1.[B+3]. The standard InChI is InChI=1S/3C7H6O2.C6H9N.BF3.B/c3*8-7(9)6-4-2-1-3-5-6;1-5-3-4-7-6(5)2;2-1(3)4;/h3*1-5H,(H,8,9);3-4,7H,1-2H3;;/q;;;;;+3/p-3. The van der Waals surface area contributed by atoms with Crippen molar-refractivity contribution in [1.29, 1.82) is 0 Å². The smallest absolute Gasteiger partial charge is 0.545 e. The summed E-state index contributed by atoms with van der Waals surface area (Å²) < 4.78 is 29.0. The van der Waals surface area contributed by atoms with E-state index in [9.17, 15) is 42.7 Å². The number of carbonyl (C=O) groups is 3. The second-order valence-corrected chi connectivity index (χ2v) is 6.99. The predicted octanol–water partition coefficient (Wildman–Crippen LogP) is 2.28. The summed E-state index contributed by atoms with van der Waals surface area (Å²) in [6.45, 7) is 4.15. The van der Waals surface area contributed by atoms with Crippen LogP contribution in [0.5, 0.6) is 0 Å². The molecule has 0 saturated carbocycles. The van der Waals surface area contributed by atoms with Gasteiger partial charge in [0, 0.05) is 11.9 Å². The van der Waals surface area contributed by atoms with Gasteiger partial charge in [0.25, 0.3) is 0 Å². The fourth-order valence-electron chi connectivity index (χ4n) is 2.25. The molecule has 0 unspecified atom stereocenters. The van der Waals surface area contributed by atoms with Crippen LogP contribution in [-0.2, 0) is 0 Å². The van der Waals surface area contributed by atoms with E-state index in [-0.39, 0.29) is 25.1 Å². The molecule has 0 amide bonds. The molecule has 1 aromatic heterocycles. The van der Waals surface area contributed by atoms with Crippen molar-refractivity contribution in [3.63, 3.8) is 0 Å². The Morgan fingerprint density at radius 1 is 0.590 bits per heavy atom. The molecule has 0 saturated heterocycles. The number of hydrogen-bond donors (Lipinski definition) is 1. The Morgan fingerprint density at radius 2 is 0.846 bits per heavy atom. The first-order valence-electron chi connectivity index (χ1n) is 10.8. The van der Waals surface area contributed by atoms with Crippen molar-refractivity contribution < 1.29 is 42.7 Å². The number of carboxylic acids is 3. The molecular weight excluding hydrogens is 513 g/mol. The number of rotatable bonds is 3. The third-order valence-corrected chi connectivity index (χ3v) is 4.25. The number of carboxylic acid groups (broad SMARTS) is 3. The van der Waals surface area contributed by atoms with Crippen molar-refractivity contribution in [1.82, 2.24) is 4.98 Å². The van der Waals surface area contributed by atoms with Crippen LogP contribution in [0, 0.1) is 13.8 Å². The van der Waals surface area contributed by atoms with Crippen LogP contribution in [0.4, 0.5) is 12.9 Å². The van der Waals surface area contributed by atoms with E-state index in [4.69, 9.17) is 0 Å². The molecule has 200 valence electrons. The number of aromatic carboxylic acids is 3. The molecule has 12 heteroatoms. The van der Waals surface area contributed by atoms with Crippen LogP contribution in [-0.4, -0.2) is 38.8 Å². The zero-order valence-corrected chi connectivity index (χ0v) is 21.1. The zero-order valence-electron chi connectivity index (χ0n) is 21.1. The molecule has 0 aliphatic rings. The average molecular weight is 537 g/mol. The van der Waals surface area contributed by atoms with Gasteiger partial charge in [-0.05, 0) is 42.2 Å². The number of aryl methyl sites for hydroxylation is 2. The van der Waals surface area contributed by atoms with Crippen LogP contribution in [0.25, 0.3) is 0 Å². The van der Waals surface area contributed by atoms with Crippen LogP contribution in [0.15, 0.2) is 103 Å². The summed E-state index contributed by atoms with van der Waals surface area (Å²) in [5, 5.41) is 30.3. The maximum atomic E-state index is 10.1. The topological polar surface area (TPSA) is 136 Å². The Bertz CT molecular complexity index is 1080. The number of nitrogens with one attached hydrogen (secondary N) is 1. The molecule has 0 aliphatic carbocycles. The molecule has 39 heavy (non-hydrogen) atoms. The van der Waals surface area contributed by atoms with Crippen LogP contribution in [0.2, 0.25) is 0 Å².